The molecule has 1 unspecified atom stereocenters. The summed E-state index contributed by atoms with van der Waals surface area (Å²) < 4.78 is 160. The van der Waals surface area contributed by atoms with E-state index >= 15 is 0 Å². The standard InChI is InChI=1S/C17H22F12O2/c1-9(2)5-4-6-10(3)7-11(30)31-8-13(20,21)15(24,25)17(28,29)16(26,27)14(22,23)12(18)19/h9-10,12H,4-8H2,1-3H3. The zero-order valence-corrected chi connectivity index (χ0v) is 16.6. The van der Waals surface area contributed by atoms with Crippen molar-refractivity contribution < 1.29 is 62.2 Å². The molecule has 0 saturated heterocycles. The van der Waals surface area contributed by atoms with E-state index in [9.17, 15) is 57.5 Å². The van der Waals surface area contributed by atoms with Crippen LogP contribution in [0.2, 0.25) is 0 Å². The van der Waals surface area contributed by atoms with Gasteiger partial charge in [-0.3, -0.25) is 4.79 Å². The maximum atomic E-state index is 13.5. The molecule has 0 fully saturated rings. The van der Waals surface area contributed by atoms with E-state index in [-0.39, 0.29) is 0 Å². The van der Waals surface area contributed by atoms with E-state index in [0.717, 1.165) is 6.42 Å². The van der Waals surface area contributed by atoms with Crippen molar-refractivity contribution in [2.75, 3.05) is 6.61 Å². The Morgan fingerprint density at radius 3 is 1.68 bits per heavy atom. The van der Waals surface area contributed by atoms with Crippen LogP contribution < -0.4 is 0 Å². The van der Waals surface area contributed by atoms with Crippen LogP contribution in [-0.4, -0.2) is 48.6 Å². The molecular formula is C17H22F12O2. The highest BCUT2D eigenvalue weighted by Gasteiger charge is 2.87. The molecule has 0 N–H and O–H groups in total. The Morgan fingerprint density at radius 1 is 0.774 bits per heavy atom. The van der Waals surface area contributed by atoms with Gasteiger partial charge in [-0.15, -0.1) is 0 Å². The predicted octanol–water partition coefficient (Wildman–Crippen LogP) is 6.82. The molecule has 14 heteroatoms. The lowest BCUT2D eigenvalue weighted by atomic mass is 9.94. The first kappa shape index (κ1) is 29.6. The van der Waals surface area contributed by atoms with Crippen molar-refractivity contribution in [2.24, 2.45) is 11.8 Å². The SMILES string of the molecule is CC(C)CCCC(C)CC(=O)OCC(F)(F)C(F)(F)C(F)(F)C(F)(F)C(F)(F)C(F)F. The summed E-state index contributed by atoms with van der Waals surface area (Å²) in [6, 6.07) is 0. The van der Waals surface area contributed by atoms with E-state index < -0.39 is 61.0 Å². The Morgan fingerprint density at radius 2 is 1.26 bits per heavy atom. The lowest BCUT2D eigenvalue weighted by Crippen LogP contribution is -2.69. The minimum atomic E-state index is -7.63. The highest BCUT2D eigenvalue weighted by atomic mass is 19.4. The van der Waals surface area contributed by atoms with Crippen molar-refractivity contribution in [3.63, 3.8) is 0 Å². The molecule has 0 saturated carbocycles. The smallest absolute Gasteiger partial charge is 0.384 e. The van der Waals surface area contributed by atoms with Crippen LogP contribution in [0, 0.1) is 11.8 Å². The normalized spacial score (nSPS) is 15.5. The molecule has 31 heavy (non-hydrogen) atoms. The largest absolute Gasteiger partial charge is 0.459 e. The quantitative estimate of drug-likeness (QED) is 0.211. The van der Waals surface area contributed by atoms with Crippen LogP contribution in [0.1, 0.15) is 46.5 Å². The van der Waals surface area contributed by atoms with Gasteiger partial charge in [0.2, 0.25) is 0 Å². The third kappa shape index (κ3) is 6.33. The third-order valence-corrected chi connectivity index (χ3v) is 4.35. The molecule has 186 valence electrons. The fourth-order valence-electron chi connectivity index (χ4n) is 2.36. The molecule has 0 aromatic carbocycles. The fourth-order valence-corrected chi connectivity index (χ4v) is 2.36. The number of carbonyl (C=O) groups is 1. The highest BCUT2D eigenvalue weighted by Crippen LogP contribution is 2.58. The lowest BCUT2D eigenvalue weighted by Gasteiger charge is -2.38. The molecule has 0 heterocycles. The van der Waals surface area contributed by atoms with Crippen LogP contribution in [0.15, 0.2) is 0 Å². The number of carbonyl (C=O) groups excluding carboxylic acids is 1. The van der Waals surface area contributed by atoms with Crippen LogP contribution in [0.3, 0.4) is 0 Å². The summed E-state index contributed by atoms with van der Waals surface area (Å²) in [7, 11) is 0. The number of alkyl halides is 12. The first-order chi connectivity index (χ1) is 13.6. The monoisotopic (exact) mass is 486 g/mol. The predicted molar refractivity (Wildman–Crippen MR) is 84.2 cm³/mol. The van der Waals surface area contributed by atoms with Crippen molar-refractivity contribution in [1.29, 1.82) is 0 Å². The first-order valence-electron chi connectivity index (χ1n) is 8.98. The summed E-state index contributed by atoms with van der Waals surface area (Å²) in [4.78, 5) is 11.5. The summed E-state index contributed by atoms with van der Waals surface area (Å²) >= 11 is 0. The summed E-state index contributed by atoms with van der Waals surface area (Å²) in [6.07, 6.45) is -4.41. The second-order valence-electron chi connectivity index (χ2n) is 7.65. The molecule has 0 bridgehead atoms. The molecule has 0 aliphatic heterocycles. The Hall–Kier alpha value is -1.37. The summed E-state index contributed by atoms with van der Waals surface area (Å²) in [5.74, 6) is -37.5. The maximum absolute atomic E-state index is 13.5. The van der Waals surface area contributed by atoms with Gasteiger partial charge in [-0.2, -0.15) is 43.9 Å². The van der Waals surface area contributed by atoms with Crippen LogP contribution in [0.25, 0.3) is 0 Å². The molecule has 2 nitrogen and oxygen atoms in total. The second-order valence-corrected chi connectivity index (χ2v) is 7.65. The van der Waals surface area contributed by atoms with Gasteiger partial charge in [-0.1, -0.05) is 40.0 Å². The summed E-state index contributed by atoms with van der Waals surface area (Å²) in [6.45, 7) is 2.41. The molecule has 0 aliphatic carbocycles. The van der Waals surface area contributed by atoms with Gasteiger partial charge in [-0.25, -0.2) is 8.78 Å². The van der Waals surface area contributed by atoms with E-state index in [2.05, 4.69) is 4.74 Å². The van der Waals surface area contributed by atoms with Crippen LogP contribution in [0.4, 0.5) is 52.7 Å². The van der Waals surface area contributed by atoms with Gasteiger partial charge in [0.15, 0.2) is 6.61 Å². The van der Waals surface area contributed by atoms with Crippen molar-refractivity contribution in [2.45, 2.75) is 82.5 Å². The Balaban J connectivity index is 5.29. The highest BCUT2D eigenvalue weighted by molar-refractivity contribution is 5.69. The van der Waals surface area contributed by atoms with E-state index in [4.69, 9.17) is 0 Å². The Kier molecular flexibility index (Phi) is 9.61. The molecule has 0 aromatic rings. The molecular weight excluding hydrogens is 464 g/mol. The van der Waals surface area contributed by atoms with Crippen LogP contribution >= 0.6 is 0 Å². The minimum Gasteiger partial charge on any atom is -0.459 e. The topological polar surface area (TPSA) is 26.3 Å². The average Bonchev–Trinajstić information content (AvgIpc) is 2.58. The van der Waals surface area contributed by atoms with Crippen LogP contribution in [0.5, 0.6) is 0 Å². The number of rotatable bonds is 13. The number of halogens is 12. The molecule has 0 amide bonds. The van der Waals surface area contributed by atoms with Crippen molar-refractivity contribution >= 4 is 5.97 Å². The van der Waals surface area contributed by atoms with E-state index in [0.29, 0.717) is 18.8 Å². The Bertz CT molecular complexity index is 590. The average molecular weight is 486 g/mol. The zero-order chi connectivity index (χ0) is 25.1. The third-order valence-electron chi connectivity index (χ3n) is 4.35. The lowest BCUT2D eigenvalue weighted by molar-refractivity contribution is -0.414. The van der Waals surface area contributed by atoms with E-state index in [1.54, 1.807) is 0 Å². The maximum Gasteiger partial charge on any atom is 0.384 e. The van der Waals surface area contributed by atoms with Gasteiger partial charge >= 0.3 is 42.0 Å². The first-order valence-corrected chi connectivity index (χ1v) is 8.98. The molecule has 0 rings (SSSR count). The number of ether oxygens (including phenoxy) is 1. The van der Waals surface area contributed by atoms with Gasteiger partial charge in [0.1, 0.15) is 0 Å². The molecule has 0 spiro atoms. The Labute approximate surface area is 170 Å². The van der Waals surface area contributed by atoms with E-state index in [1.165, 1.54) is 6.92 Å². The number of hydrogen-bond acceptors (Lipinski definition) is 2. The summed E-state index contributed by atoms with van der Waals surface area (Å²) in [5, 5.41) is 0. The number of esters is 1. The molecule has 1 atom stereocenters. The van der Waals surface area contributed by atoms with Gasteiger partial charge in [0.25, 0.3) is 0 Å². The second kappa shape index (κ2) is 10.1. The zero-order valence-electron chi connectivity index (χ0n) is 16.6. The molecule has 0 aliphatic rings. The van der Waals surface area contributed by atoms with Crippen LogP contribution in [-0.2, 0) is 9.53 Å². The minimum absolute atomic E-state index is 0.317. The van der Waals surface area contributed by atoms with Crippen molar-refractivity contribution in [1.82, 2.24) is 0 Å². The van der Waals surface area contributed by atoms with Gasteiger partial charge in [0, 0.05) is 6.42 Å². The van der Waals surface area contributed by atoms with Gasteiger partial charge in [0.05, 0.1) is 0 Å². The van der Waals surface area contributed by atoms with Gasteiger partial charge in [-0.05, 0) is 11.8 Å². The van der Waals surface area contributed by atoms with Crippen molar-refractivity contribution in [3.05, 3.63) is 0 Å². The fraction of sp³-hybridized carbons (Fsp3) is 0.941. The number of hydrogen-bond donors (Lipinski definition) is 0. The summed E-state index contributed by atoms with van der Waals surface area (Å²) in [5.41, 5.74) is 0. The van der Waals surface area contributed by atoms with Gasteiger partial charge < -0.3 is 4.74 Å². The molecule has 0 aromatic heterocycles. The van der Waals surface area contributed by atoms with Crippen molar-refractivity contribution in [3.8, 4) is 0 Å². The van der Waals surface area contributed by atoms with E-state index in [1.807, 2.05) is 13.8 Å². The molecule has 0 radical (unpaired) electrons.